The van der Waals surface area contributed by atoms with E-state index in [1.807, 2.05) is 86.6 Å². The molecule has 0 saturated carbocycles. The summed E-state index contributed by atoms with van der Waals surface area (Å²) >= 11 is 6.01. The topological polar surface area (TPSA) is 42.0 Å². The molecule has 0 aliphatic rings. The van der Waals surface area contributed by atoms with E-state index in [-0.39, 0.29) is 5.91 Å². The van der Waals surface area contributed by atoms with Crippen LogP contribution in [0.5, 0.6) is 0 Å². The van der Waals surface area contributed by atoms with Gasteiger partial charge in [0.25, 0.3) is 5.91 Å². The molecule has 0 aliphatic heterocycles. The fourth-order valence-corrected chi connectivity index (χ4v) is 3.34. The molecule has 4 heteroatoms. The Morgan fingerprint density at radius 2 is 1.64 bits per heavy atom. The van der Waals surface area contributed by atoms with Crippen LogP contribution in [0.25, 0.3) is 22.2 Å². The lowest BCUT2D eigenvalue weighted by Gasteiger charge is -2.12. The lowest BCUT2D eigenvalue weighted by molar-refractivity contribution is 0.102. The van der Waals surface area contributed by atoms with Crippen LogP contribution >= 0.6 is 11.6 Å². The summed E-state index contributed by atoms with van der Waals surface area (Å²) in [6.07, 6.45) is 0. The molecule has 1 amide bonds. The smallest absolute Gasteiger partial charge is 0.256 e. The molecule has 0 atom stereocenters. The zero-order chi connectivity index (χ0) is 19.7. The first-order valence-corrected chi connectivity index (χ1v) is 9.43. The number of aryl methyl sites for hydroxylation is 2. The molecule has 4 aromatic rings. The Labute approximate surface area is 169 Å². The number of halogens is 1. The number of anilines is 1. The molecule has 3 nitrogen and oxygen atoms in total. The number of hydrogen-bond acceptors (Lipinski definition) is 2. The molecular formula is C24H19ClN2O. The van der Waals surface area contributed by atoms with Crippen LogP contribution in [-0.4, -0.2) is 10.9 Å². The highest BCUT2D eigenvalue weighted by atomic mass is 35.5. The second-order valence-electron chi connectivity index (χ2n) is 6.91. The molecule has 1 N–H and O–H groups in total. The predicted molar refractivity (Wildman–Crippen MR) is 116 cm³/mol. The Morgan fingerprint density at radius 3 is 2.39 bits per heavy atom. The van der Waals surface area contributed by atoms with E-state index in [0.29, 0.717) is 10.6 Å². The van der Waals surface area contributed by atoms with Crippen LogP contribution in [0.4, 0.5) is 5.69 Å². The Morgan fingerprint density at radius 1 is 0.893 bits per heavy atom. The molecule has 0 bridgehead atoms. The van der Waals surface area contributed by atoms with E-state index in [1.54, 1.807) is 0 Å². The van der Waals surface area contributed by atoms with Crippen molar-refractivity contribution >= 4 is 34.1 Å². The maximum Gasteiger partial charge on any atom is 0.256 e. The summed E-state index contributed by atoms with van der Waals surface area (Å²) in [6, 6.07) is 23.0. The summed E-state index contributed by atoms with van der Waals surface area (Å²) in [4.78, 5) is 17.9. The Bertz CT molecular complexity index is 1180. The number of carbonyl (C=O) groups excluding carboxylic acids is 1. The van der Waals surface area contributed by atoms with Crippen LogP contribution in [-0.2, 0) is 0 Å². The fourth-order valence-electron chi connectivity index (χ4n) is 3.22. The van der Waals surface area contributed by atoms with Crippen molar-refractivity contribution in [2.75, 3.05) is 5.32 Å². The molecular weight excluding hydrogens is 368 g/mol. The van der Waals surface area contributed by atoms with E-state index in [0.717, 1.165) is 39.0 Å². The number of carbonyl (C=O) groups is 1. The number of nitrogens with zero attached hydrogens (tertiary/aromatic N) is 1. The van der Waals surface area contributed by atoms with Crippen molar-refractivity contribution in [1.29, 1.82) is 0 Å². The summed E-state index contributed by atoms with van der Waals surface area (Å²) in [6.45, 7) is 4.01. The first-order valence-electron chi connectivity index (χ1n) is 9.05. The third kappa shape index (κ3) is 3.75. The van der Waals surface area contributed by atoms with Crippen molar-refractivity contribution in [2.45, 2.75) is 13.8 Å². The van der Waals surface area contributed by atoms with E-state index in [2.05, 4.69) is 5.32 Å². The molecule has 1 heterocycles. The first kappa shape index (κ1) is 18.2. The standard InChI is InChI=1S/C24H19ClN2O/c1-15-4-3-5-19(12-15)26-24(28)21-14-23(17-7-9-18(25)10-8-17)27-22-11-6-16(2)13-20(21)22/h3-14H,1-2H3,(H,26,28). The number of amides is 1. The fraction of sp³-hybridized carbons (Fsp3) is 0.0833. The first-order chi connectivity index (χ1) is 13.5. The highest BCUT2D eigenvalue weighted by Gasteiger charge is 2.15. The molecule has 0 aliphatic carbocycles. The molecule has 3 aromatic carbocycles. The minimum absolute atomic E-state index is 0.154. The van der Waals surface area contributed by atoms with Gasteiger partial charge in [0.2, 0.25) is 0 Å². The van der Waals surface area contributed by atoms with Gasteiger partial charge in [-0.05, 0) is 61.9 Å². The summed E-state index contributed by atoms with van der Waals surface area (Å²) < 4.78 is 0. The molecule has 4 rings (SSSR count). The van der Waals surface area contributed by atoms with Gasteiger partial charge in [-0.2, -0.15) is 0 Å². The number of hydrogen-bond donors (Lipinski definition) is 1. The van der Waals surface area contributed by atoms with E-state index in [9.17, 15) is 4.79 Å². The number of benzene rings is 3. The van der Waals surface area contributed by atoms with Crippen LogP contribution < -0.4 is 5.32 Å². The zero-order valence-electron chi connectivity index (χ0n) is 15.7. The second-order valence-corrected chi connectivity index (χ2v) is 7.34. The normalized spacial score (nSPS) is 10.8. The quantitative estimate of drug-likeness (QED) is 0.441. The van der Waals surface area contributed by atoms with Gasteiger partial charge in [-0.25, -0.2) is 4.98 Å². The van der Waals surface area contributed by atoms with E-state index < -0.39 is 0 Å². The van der Waals surface area contributed by atoms with Gasteiger partial charge in [-0.15, -0.1) is 0 Å². The molecule has 138 valence electrons. The van der Waals surface area contributed by atoms with Gasteiger partial charge < -0.3 is 5.32 Å². The van der Waals surface area contributed by atoms with Crippen molar-refractivity contribution in [1.82, 2.24) is 4.98 Å². The van der Waals surface area contributed by atoms with E-state index >= 15 is 0 Å². The Hall–Kier alpha value is -3.17. The molecule has 0 fully saturated rings. The van der Waals surface area contributed by atoms with Crippen LogP contribution in [0, 0.1) is 13.8 Å². The van der Waals surface area contributed by atoms with Crippen LogP contribution in [0.1, 0.15) is 21.5 Å². The predicted octanol–water partition coefficient (Wildman–Crippen LogP) is 6.42. The van der Waals surface area contributed by atoms with Crippen molar-refractivity contribution in [3.05, 3.63) is 94.5 Å². The summed E-state index contributed by atoms with van der Waals surface area (Å²) in [7, 11) is 0. The van der Waals surface area contributed by atoms with Gasteiger partial charge in [0.1, 0.15) is 0 Å². The SMILES string of the molecule is Cc1cccc(NC(=O)c2cc(-c3ccc(Cl)cc3)nc3ccc(C)cc23)c1. The molecule has 0 unspecified atom stereocenters. The number of nitrogens with one attached hydrogen (secondary N) is 1. The van der Waals surface area contributed by atoms with Crippen molar-refractivity contribution < 1.29 is 4.79 Å². The van der Waals surface area contributed by atoms with Gasteiger partial charge in [0, 0.05) is 21.7 Å². The van der Waals surface area contributed by atoms with Gasteiger partial charge >= 0.3 is 0 Å². The van der Waals surface area contributed by atoms with E-state index in [1.165, 1.54) is 0 Å². The summed E-state index contributed by atoms with van der Waals surface area (Å²) in [5.74, 6) is -0.154. The summed E-state index contributed by atoms with van der Waals surface area (Å²) in [5.41, 5.74) is 5.98. The molecule has 0 radical (unpaired) electrons. The Balaban J connectivity index is 1.83. The van der Waals surface area contributed by atoms with Gasteiger partial charge in [0.05, 0.1) is 16.8 Å². The molecule has 28 heavy (non-hydrogen) atoms. The van der Waals surface area contributed by atoms with Crippen molar-refractivity contribution in [2.24, 2.45) is 0 Å². The minimum Gasteiger partial charge on any atom is -0.322 e. The zero-order valence-corrected chi connectivity index (χ0v) is 16.4. The molecule has 1 aromatic heterocycles. The number of fused-ring (bicyclic) bond motifs is 1. The number of pyridine rings is 1. The van der Waals surface area contributed by atoms with Crippen LogP contribution in [0.15, 0.2) is 72.8 Å². The van der Waals surface area contributed by atoms with Crippen molar-refractivity contribution in [3.63, 3.8) is 0 Å². The van der Waals surface area contributed by atoms with Gasteiger partial charge in [-0.3, -0.25) is 4.79 Å². The van der Waals surface area contributed by atoms with Crippen LogP contribution in [0.3, 0.4) is 0 Å². The lowest BCUT2D eigenvalue weighted by atomic mass is 10.0. The average molecular weight is 387 g/mol. The maximum atomic E-state index is 13.1. The highest BCUT2D eigenvalue weighted by Crippen LogP contribution is 2.27. The molecule has 0 spiro atoms. The van der Waals surface area contributed by atoms with Crippen molar-refractivity contribution in [3.8, 4) is 11.3 Å². The molecule has 0 saturated heterocycles. The monoisotopic (exact) mass is 386 g/mol. The van der Waals surface area contributed by atoms with E-state index in [4.69, 9.17) is 16.6 Å². The third-order valence-electron chi connectivity index (χ3n) is 4.62. The third-order valence-corrected chi connectivity index (χ3v) is 4.88. The average Bonchev–Trinajstić information content (AvgIpc) is 2.68. The number of rotatable bonds is 3. The van der Waals surface area contributed by atoms with Gasteiger partial charge in [0.15, 0.2) is 0 Å². The summed E-state index contributed by atoms with van der Waals surface area (Å²) in [5, 5.41) is 4.51. The van der Waals surface area contributed by atoms with Crippen LogP contribution in [0.2, 0.25) is 5.02 Å². The number of aromatic nitrogens is 1. The highest BCUT2D eigenvalue weighted by molar-refractivity contribution is 6.30. The minimum atomic E-state index is -0.154. The largest absolute Gasteiger partial charge is 0.322 e. The van der Waals surface area contributed by atoms with Gasteiger partial charge in [-0.1, -0.05) is 47.5 Å². The lowest BCUT2D eigenvalue weighted by Crippen LogP contribution is -2.13. The maximum absolute atomic E-state index is 13.1. The Kier molecular flexibility index (Phi) is 4.84. The second kappa shape index (κ2) is 7.45.